The summed E-state index contributed by atoms with van der Waals surface area (Å²) in [7, 11) is 0. The van der Waals surface area contributed by atoms with Crippen LogP contribution in [-0.4, -0.2) is 22.3 Å². The molecule has 0 saturated heterocycles. The first-order chi connectivity index (χ1) is 8.53. The van der Waals surface area contributed by atoms with Gasteiger partial charge in [-0.2, -0.15) is 0 Å². The molecule has 0 radical (unpaired) electrons. The monoisotopic (exact) mass is 423 g/mol. The van der Waals surface area contributed by atoms with Crippen LogP contribution in [0.4, 0.5) is 0 Å². The molecule has 0 rings (SSSR count). The first-order valence-electron chi connectivity index (χ1n) is 6.00. The fourth-order valence-electron chi connectivity index (χ4n) is 1.33. The standard InChI is InChI=1S/C12H21N3O2.W/c1-4-6-7-10(5-2)17-9(3)15-11(13)8-12(14)16;/h3,8,10H,4-7,13H2,1-2H3,(H2,14,16);/b11-8?,15-9+;. The number of unbranched alkanes of at least 4 members (excludes halogenated alkanes) is 1. The van der Waals surface area contributed by atoms with E-state index in [0.717, 1.165) is 31.8 Å². The maximum atomic E-state index is 10.7. The normalized spacial score (nSPS) is 14.1. The van der Waals surface area contributed by atoms with Gasteiger partial charge in [0.05, 0.1) is 0 Å². The van der Waals surface area contributed by atoms with Crippen molar-refractivity contribution in [2.24, 2.45) is 16.5 Å². The summed E-state index contributed by atoms with van der Waals surface area (Å²) in [4.78, 5) is 14.7. The average molecular weight is 423 g/mol. The number of hydrogen-bond acceptors (Lipinski definition) is 4. The molecule has 0 aromatic carbocycles. The van der Waals surface area contributed by atoms with Gasteiger partial charge in [0.15, 0.2) is 0 Å². The fraction of sp³-hybridized carbons (Fsp3) is 0.583. The van der Waals surface area contributed by atoms with Crippen molar-refractivity contribution in [2.75, 3.05) is 0 Å². The van der Waals surface area contributed by atoms with E-state index in [1.807, 2.05) is 0 Å². The van der Waals surface area contributed by atoms with Crippen LogP contribution in [0.15, 0.2) is 16.9 Å². The zero-order valence-electron chi connectivity index (χ0n) is 10.9. The molecule has 0 aromatic heterocycles. The van der Waals surface area contributed by atoms with Crippen molar-refractivity contribution in [3.63, 3.8) is 0 Å². The van der Waals surface area contributed by atoms with Crippen LogP contribution in [0.25, 0.3) is 0 Å². The van der Waals surface area contributed by atoms with E-state index in [1.54, 1.807) is 4.40 Å². The Kier molecular flexibility index (Phi) is 9.47. The Labute approximate surface area is 119 Å². The van der Waals surface area contributed by atoms with Crippen LogP contribution >= 0.6 is 0 Å². The second-order valence-electron chi connectivity index (χ2n) is 3.83. The van der Waals surface area contributed by atoms with Gasteiger partial charge in [-0.05, 0) is 0 Å². The van der Waals surface area contributed by atoms with E-state index >= 15 is 0 Å². The maximum absolute atomic E-state index is 10.7. The molecule has 0 spiro atoms. The Hall–Kier alpha value is -0.962. The van der Waals surface area contributed by atoms with Gasteiger partial charge in [-0.3, -0.25) is 0 Å². The first kappa shape index (κ1) is 17.0. The van der Waals surface area contributed by atoms with Gasteiger partial charge in [0.25, 0.3) is 0 Å². The van der Waals surface area contributed by atoms with Crippen LogP contribution < -0.4 is 11.5 Å². The molecule has 0 fully saturated rings. The van der Waals surface area contributed by atoms with Gasteiger partial charge in [0, 0.05) is 0 Å². The van der Waals surface area contributed by atoms with Crippen LogP contribution in [0.5, 0.6) is 0 Å². The number of primary amides is 1. The number of carbonyl (C=O) groups is 1. The molecule has 0 aliphatic carbocycles. The molecular weight excluding hydrogens is 402 g/mol. The van der Waals surface area contributed by atoms with Crippen LogP contribution in [0, 0.1) is 0 Å². The van der Waals surface area contributed by atoms with Crippen molar-refractivity contribution in [1.29, 1.82) is 0 Å². The van der Waals surface area contributed by atoms with Crippen molar-refractivity contribution in [3.8, 4) is 0 Å². The zero-order chi connectivity index (χ0) is 14.0. The predicted octanol–water partition coefficient (Wildman–Crippen LogP) is 1.00. The number of carbonyl (C=O) groups excluding carboxylic acids is 1. The van der Waals surface area contributed by atoms with E-state index in [4.69, 9.17) is 16.2 Å². The number of nitrogens with two attached hydrogens (primary N) is 2. The van der Waals surface area contributed by atoms with E-state index in [1.165, 1.54) is 19.4 Å². The number of nitrogens with zero attached hydrogens (tertiary/aromatic N) is 1. The van der Waals surface area contributed by atoms with Crippen molar-refractivity contribution in [1.82, 2.24) is 0 Å². The molecule has 1 atom stereocenters. The Balaban J connectivity index is 4.61. The van der Waals surface area contributed by atoms with Crippen LogP contribution in [0.1, 0.15) is 39.5 Å². The fourth-order valence-corrected chi connectivity index (χ4v) is 1.72. The minimum absolute atomic E-state index is 0.0698. The van der Waals surface area contributed by atoms with Crippen molar-refractivity contribution in [2.45, 2.75) is 45.6 Å². The van der Waals surface area contributed by atoms with E-state index in [2.05, 4.69) is 18.8 Å². The number of aliphatic imine (C=N–C) groups is 1. The predicted molar refractivity (Wildman–Crippen MR) is 69.7 cm³/mol. The molecule has 0 saturated carbocycles. The molecule has 0 heterocycles. The van der Waals surface area contributed by atoms with Gasteiger partial charge < -0.3 is 0 Å². The Morgan fingerprint density at radius 3 is 2.56 bits per heavy atom. The van der Waals surface area contributed by atoms with Crippen LogP contribution in [0.2, 0.25) is 0 Å². The molecule has 6 heteroatoms. The summed E-state index contributed by atoms with van der Waals surface area (Å²) < 4.78 is 7.55. The molecular formula is C12H21N3O2W. The molecule has 1 amide bonds. The van der Waals surface area contributed by atoms with Gasteiger partial charge in [-0.1, -0.05) is 0 Å². The van der Waals surface area contributed by atoms with Crippen LogP contribution in [0.3, 0.4) is 0 Å². The second-order valence-corrected chi connectivity index (χ2v) is 4.68. The molecule has 4 N–H and O–H groups in total. The number of rotatable bonds is 8. The molecule has 102 valence electrons. The van der Waals surface area contributed by atoms with E-state index in [9.17, 15) is 4.79 Å². The molecule has 0 bridgehead atoms. The number of ether oxygens (including phenoxy) is 1. The SMILES string of the molecule is CCCCC(CC)O/C([CH]=[W])=N/C(N)=CC(N)=O. The Bertz CT molecular complexity index is 340. The van der Waals surface area contributed by atoms with Gasteiger partial charge in [-0.25, -0.2) is 0 Å². The summed E-state index contributed by atoms with van der Waals surface area (Å²) in [6.45, 7) is 4.22. The summed E-state index contributed by atoms with van der Waals surface area (Å²) in [5.41, 5.74) is 10.5. The van der Waals surface area contributed by atoms with Gasteiger partial charge >= 0.3 is 119 Å². The van der Waals surface area contributed by atoms with Crippen molar-refractivity contribution < 1.29 is 28.9 Å². The Morgan fingerprint density at radius 2 is 2.11 bits per heavy atom. The molecule has 1 unspecified atom stereocenters. The third-order valence-corrected chi connectivity index (χ3v) is 2.98. The minimum atomic E-state index is -0.614. The van der Waals surface area contributed by atoms with Gasteiger partial charge in [0.2, 0.25) is 0 Å². The summed E-state index contributed by atoms with van der Waals surface area (Å²) in [6, 6.07) is 0. The molecule has 0 aromatic rings. The number of amides is 1. The van der Waals surface area contributed by atoms with E-state index in [-0.39, 0.29) is 11.9 Å². The average Bonchev–Trinajstić information content (AvgIpc) is 2.31. The first-order valence-corrected chi connectivity index (χ1v) is 7.69. The zero-order valence-corrected chi connectivity index (χ0v) is 13.8. The van der Waals surface area contributed by atoms with Gasteiger partial charge in [0.1, 0.15) is 0 Å². The third-order valence-electron chi connectivity index (χ3n) is 2.25. The van der Waals surface area contributed by atoms with Crippen molar-refractivity contribution >= 4 is 16.2 Å². The quantitative estimate of drug-likeness (QED) is 0.347. The van der Waals surface area contributed by atoms with Crippen molar-refractivity contribution in [3.05, 3.63) is 11.9 Å². The molecule has 0 aliphatic heterocycles. The Morgan fingerprint density at radius 1 is 1.44 bits per heavy atom. The molecule has 0 aliphatic rings. The van der Waals surface area contributed by atoms with E-state index < -0.39 is 5.91 Å². The summed E-state index contributed by atoms with van der Waals surface area (Å²) in [5, 5.41) is 0. The third kappa shape index (κ3) is 8.18. The second kappa shape index (κ2) is 10.0. The summed E-state index contributed by atoms with van der Waals surface area (Å²) in [5.74, 6) is -0.0830. The molecule has 18 heavy (non-hydrogen) atoms. The summed E-state index contributed by atoms with van der Waals surface area (Å²) >= 11 is 1.21. The van der Waals surface area contributed by atoms with Crippen LogP contribution in [-0.2, 0) is 28.9 Å². The summed E-state index contributed by atoms with van der Waals surface area (Å²) in [6.07, 6.45) is 5.39. The topological polar surface area (TPSA) is 90.7 Å². The molecule has 5 nitrogen and oxygen atoms in total. The number of hydrogen-bond donors (Lipinski definition) is 2. The van der Waals surface area contributed by atoms with E-state index in [0.29, 0.717) is 5.90 Å². The van der Waals surface area contributed by atoms with Gasteiger partial charge in [-0.15, -0.1) is 0 Å².